The zero-order chi connectivity index (χ0) is 27.0. The minimum atomic E-state index is 0.157. The Kier molecular flexibility index (Phi) is 9.97. The Balaban J connectivity index is 1.35. The second-order valence-electron chi connectivity index (χ2n) is 11.9. The first-order chi connectivity index (χ1) is 19.1. The van der Waals surface area contributed by atoms with E-state index in [1.165, 1.54) is 37.7 Å². The second kappa shape index (κ2) is 13.8. The number of hydrogen-bond donors (Lipinski definition) is 0. The lowest BCUT2D eigenvalue weighted by atomic mass is 9.86. The zero-order valence-electron chi connectivity index (χ0n) is 23.3. The van der Waals surface area contributed by atoms with Crippen LogP contribution in [0.3, 0.4) is 0 Å². The molecular weight excluding hydrogens is 506 g/mol. The van der Waals surface area contributed by atoms with E-state index in [-0.39, 0.29) is 17.7 Å². The van der Waals surface area contributed by atoms with Crippen LogP contribution < -0.4 is 4.90 Å². The Hall–Kier alpha value is -2.37. The van der Waals surface area contributed by atoms with Gasteiger partial charge in [-0.1, -0.05) is 74.0 Å². The number of carbonyl (C=O) groups is 2. The quantitative estimate of drug-likeness (QED) is 0.387. The molecule has 2 aromatic rings. The summed E-state index contributed by atoms with van der Waals surface area (Å²) < 4.78 is 0. The third kappa shape index (κ3) is 8.08. The van der Waals surface area contributed by atoms with Crippen molar-refractivity contribution in [1.29, 1.82) is 0 Å². The molecule has 2 fully saturated rings. The average Bonchev–Trinajstić information content (AvgIpc) is 3.80. The van der Waals surface area contributed by atoms with E-state index in [0.717, 1.165) is 74.6 Å². The van der Waals surface area contributed by atoms with Crippen LogP contribution in [0.2, 0.25) is 5.02 Å². The number of anilines is 1. The van der Waals surface area contributed by atoms with Crippen LogP contribution in [-0.2, 0) is 22.7 Å². The number of carbonyl (C=O) groups excluding carboxylic acids is 2. The molecule has 0 unspecified atom stereocenters. The average molecular weight is 550 g/mol. The van der Waals surface area contributed by atoms with E-state index in [0.29, 0.717) is 25.4 Å². The van der Waals surface area contributed by atoms with Crippen LogP contribution >= 0.6 is 11.6 Å². The summed E-state index contributed by atoms with van der Waals surface area (Å²) in [7, 11) is 0. The van der Waals surface area contributed by atoms with Gasteiger partial charge < -0.3 is 9.80 Å². The standard InChI is InChI=1S/C33H44ClN3O2/c34-30-17-12-27(13-18-30)24-35-20-6-22-36(32(38)19-14-26-8-2-1-3-9-26)25-29-10-4-5-11-31(29)37(23-7-21-35)33(39)28-15-16-28/h4-5,10-13,17-18,26,28H,1-3,6-9,14-16,19-25H2. The molecule has 3 aliphatic rings. The molecule has 0 N–H and O–H groups in total. The van der Waals surface area contributed by atoms with Crippen LogP contribution in [0.4, 0.5) is 5.69 Å². The lowest BCUT2D eigenvalue weighted by Gasteiger charge is -2.32. The van der Waals surface area contributed by atoms with Crippen molar-refractivity contribution in [2.45, 2.75) is 83.7 Å². The molecule has 0 atom stereocenters. The van der Waals surface area contributed by atoms with Crippen molar-refractivity contribution in [3.05, 3.63) is 64.7 Å². The first-order valence-electron chi connectivity index (χ1n) is 15.2. The van der Waals surface area contributed by atoms with Crippen LogP contribution in [0.15, 0.2) is 48.5 Å². The van der Waals surface area contributed by atoms with Crippen molar-refractivity contribution in [1.82, 2.24) is 9.80 Å². The number of fused-ring (bicyclic) bond motifs is 1. The summed E-state index contributed by atoms with van der Waals surface area (Å²) >= 11 is 6.13. The first-order valence-corrected chi connectivity index (χ1v) is 15.6. The highest BCUT2D eigenvalue weighted by Gasteiger charge is 2.35. The lowest BCUT2D eigenvalue weighted by Crippen LogP contribution is -2.39. The molecule has 2 aliphatic carbocycles. The molecule has 2 saturated carbocycles. The number of benzene rings is 2. The van der Waals surface area contributed by atoms with Crippen LogP contribution in [0, 0.1) is 11.8 Å². The first kappa shape index (κ1) is 28.2. The normalized spacial score (nSPS) is 20.1. The van der Waals surface area contributed by atoms with E-state index in [1.54, 1.807) is 0 Å². The Bertz CT molecular complexity index is 1090. The van der Waals surface area contributed by atoms with Crippen LogP contribution in [0.25, 0.3) is 0 Å². The van der Waals surface area contributed by atoms with E-state index in [4.69, 9.17) is 11.6 Å². The van der Waals surface area contributed by atoms with Gasteiger partial charge in [0.25, 0.3) is 0 Å². The molecule has 0 aromatic heterocycles. The predicted octanol–water partition coefficient (Wildman–Crippen LogP) is 7.07. The fourth-order valence-electron chi connectivity index (χ4n) is 6.32. The van der Waals surface area contributed by atoms with Gasteiger partial charge in [-0.15, -0.1) is 0 Å². The summed E-state index contributed by atoms with van der Waals surface area (Å²) in [5.74, 6) is 1.36. The van der Waals surface area contributed by atoms with Gasteiger partial charge in [-0.05, 0) is 67.3 Å². The van der Waals surface area contributed by atoms with Gasteiger partial charge >= 0.3 is 0 Å². The molecular formula is C33H44ClN3O2. The van der Waals surface area contributed by atoms with E-state index in [2.05, 4.69) is 34.1 Å². The minimum absolute atomic E-state index is 0.157. The Morgan fingerprint density at radius 2 is 1.51 bits per heavy atom. The highest BCUT2D eigenvalue weighted by atomic mass is 35.5. The molecule has 2 amide bonds. The van der Waals surface area contributed by atoms with Crippen molar-refractivity contribution >= 4 is 29.1 Å². The minimum Gasteiger partial charge on any atom is -0.338 e. The molecule has 210 valence electrons. The van der Waals surface area contributed by atoms with Gasteiger partial charge in [0.15, 0.2) is 0 Å². The summed E-state index contributed by atoms with van der Waals surface area (Å²) in [5.41, 5.74) is 3.32. The van der Waals surface area contributed by atoms with Crippen LogP contribution in [-0.4, -0.2) is 47.8 Å². The second-order valence-corrected chi connectivity index (χ2v) is 12.3. The summed E-state index contributed by atoms with van der Waals surface area (Å²) in [6.45, 7) is 4.71. The third-order valence-electron chi connectivity index (χ3n) is 8.76. The van der Waals surface area contributed by atoms with E-state index in [1.807, 2.05) is 29.2 Å². The van der Waals surface area contributed by atoms with Crippen molar-refractivity contribution < 1.29 is 9.59 Å². The Morgan fingerprint density at radius 3 is 2.26 bits per heavy atom. The van der Waals surface area contributed by atoms with Gasteiger partial charge in [0.2, 0.25) is 11.8 Å². The highest BCUT2D eigenvalue weighted by molar-refractivity contribution is 6.30. The SMILES string of the molecule is O=C(CCC1CCCCC1)N1CCCN(Cc2ccc(Cl)cc2)CCCN(C(=O)C2CC2)c2ccccc2C1. The van der Waals surface area contributed by atoms with E-state index < -0.39 is 0 Å². The fraction of sp³-hybridized carbons (Fsp3) is 0.576. The van der Waals surface area contributed by atoms with Crippen molar-refractivity contribution in [2.24, 2.45) is 11.8 Å². The largest absolute Gasteiger partial charge is 0.338 e. The molecule has 39 heavy (non-hydrogen) atoms. The van der Waals surface area contributed by atoms with Crippen molar-refractivity contribution in [2.75, 3.05) is 31.1 Å². The van der Waals surface area contributed by atoms with E-state index in [9.17, 15) is 9.59 Å². The molecule has 0 bridgehead atoms. The highest BCUT2D eigenvalue weighted by Crippen LogP contribution is 2.34. The number of para-hydroxylation sites is 1. The third-order valence-corrected chi connectivity index (χ3v) is 9.01. The van der Waals surface area contributed by atoms with Crippen molar-refractivity contribution in [3.63, 3.8) is 0 Å². The van der Waals surface area contributed by atoms with E-state index >= 15 is 0 Å². The molecule has 6 heteroatoms. The molecule has 1 aliphatic heterocycles. The maximum atomic E-state index is 13.6. The molecule has 5 rings (SSSR count). The van der Waals surface area contributed by atoms with Gasteiger partial charge in [0.1, 0.15) is 0 Å². The van der Waals surface area contributed by atoms with Crippen molar-refractivity contribution in [3.8, 4) is 0 Å². The smallest absolute Gasteiger partial charge is 0.230 e. The molecule has 0 radical (unpaired) electrons. The molecule has 0 saturated heterocycles. The topological polar surface area (TPSA) is 43.9 Å². The monoisotopic (exact) mass is 549 g/mol. The lowest BCUT2D eigenvalue weighted by molar-refractivity contribution is -0.132. The number of nitrogens with zero attached hydrogens (tertiary/aromatic N) is 3. The number of amides is 2. The Morgan fingerprint density at radius 1 is 0.795 bits per heavy atom. The molecule has 1 heterocycles. The van der Waals surface area contributed by atoms with Gasteiger partial charge in [0.05, 0.1) is 0 Å². The summed E-state index contributed by atoms with van der Waals surface area (Å²) in [4.78, 5) is 33.7. The molecule has 0 spiro atoms. The molecule has 2 aromatic carbocycles. The Labute approximate surface area is 239 Å². The maximum absolute atomic E-state index is 13.6. The van der Waals surface area contributed by atoms with Gasteiger partial charge in [-0.2, -0.15) is 0 Å². The summed E-state index contributed by atoms with van der Waals surface area (Å²) in [6.07, 6.45) is 12.0. The van der Waals surface area contributed by atoms with Gasteiger partial charge in [-0.25, -0.2) is 0 Å². The maximum Gasteiger partial charge on any atom is 0.230 e. The van der Waals surface area contributed by atoms with Gasteiger partial charge in [0, 0.05) is 62.3 Å². The summed E-state index contributed by atoms with van der Waals surface area (Å²) in [5, 5.41) is 0.753. The number of hydrogen-bond acceptors (Lipinski definition) is 3. The van der Waals surface area contributed by atoms with Crippen LogP contribution in [0.1, 0.15) is 81.8 Å². The number of halogens is 1. The molecule has 5 nitrogen and oxygen atoms in total. The van der Waals surface area contributed by atoms with Gasteiger partial charge in [-0.3, -0.25) is 14.5 Å². The predicted molar refractivity (Wildman–Crippen MR) is 159 cm³/mol. The fourth-order valence-corrected chi connectivity index (χ4v) is 6.45. The number of rotatable bonds is 6. The zero-order valence-corrected chi connectivity index (χ0v) is 24.1. The summed E-state index contributed by atoms with van der Waals surface area (Å²) in [6, 6.07) is 16.4. The van der Waals surface area contributed by atoms with Crippen LogP contribution in [0.5, 0.6) is 0 Å².